The van der Waals surface area contributed by atoms with E-state index in [-0.39, 0.29) is 13.0 Å². The zero-order valence-corrected chi connectivity index (χ0v) is 14.5. The molecule has 0 fully saturated rings. The predicted molar refractivity (Wildman–Crippen MR) is 82.3 cm³/mol. The van der Waals surface area contributed by atoms with Gasteiger partial charge in [-0.15, -0.1) is 0 Å². The minimum absolute atomic E-state index is 0.134. The molecular formula is C15H25NO8. The van der Waals surface area contributed by atoms with Crippen molar-refractivity contribution in [2.24, 2.45) is 11.8 Å². The summed E-state index contributed by atoms with van der Waals surface area (Å²) in [5.74, 6) is -6.58. The van der Waals surface area contributed by atoms with Gasteiger partial charge in [-0.25, -0.2) is 4.79 Å². The number of carbonyl (C=O) groups excluding carboxylic acids is 2. The maximum Gasteiger partial charge on any atom is 0.407 e. The van der Waals surface area contributed by atoms with Crippen molar-refractivity contribution in [1.82, 2.24) is 5.32 Å². The molecule has 0 saturated heterocycles. The quantitative estimate of drug-likeness (QED) is 0.440. The number of ether oxygens (including phenoxy) is 2. The van der Waals surface area contributed by atoms with Gasteiger partial charge in [-0.05, 0) is 34.1 Å². The zero-order chi connectivity index (χ0) is 19.1. The SMILES string of the molecule is CCOC(=O)C(C)C[C@H](NC(=O)OC(C)(C)C)C(C(=O)O)C(=O)O. The number of alkyl carbamates (subject to hydrolysis) is 1. The molecule has 0 aromatic heterocycles. The number of aliphatic carboxylic acids is 2. The maximum absolute atomic E-state index is 11.9. The lowest BCUT2D eigenvalue weighted by molar-refractivity contribution is -0.157. The topological polar surface area (TPSA) is 139 Å². The second kappa shape index (κ2) is 9.09. The molecule has 2 atom stereocenters. The van der Waals surface area contributed by atoms with Gasteiger partial charge in [0.2, 0.25) is 0 Å². The minimum Gasteiger partial charge on any atom is -0.481 e. The first-order chi connectivity index (χ1) is 10.9. The Hall–Kier alpha value is -2.32. The van der Waals surface area contributed by atoms with Crippen molar-refractivity contribution in [2.75, 3.05) is 6.61 Å². The fourth-order valence-electron chi connectivity index (χ4n) is 1.95. The van der Waals surface area contributed by atoms with Crippen molar-refractivity contribution in [3.05, 3.63) is 0 Å². The molecule has 1 unspecified atom stereocenters. The van der Waals surface area contributed by atoms with Crippen LogP contribution < -0.4 is 5.32 Å². The molecule has 9 heteroatoms. The fourth-order valence-corrected chi connectivity index (χ4v) is 1.95. The second-order valence-corrected chi connectivity index (χ2v) is 6.30. The molecule has 138 valence electrons. The Kier molecular flexibility index (Phi) is 8.21. The highest BCUT2D eigenvalue weighted by molar-refractivity contribution is 5.94. The molecule has 3 N–H and O–H groups in total. The lowest BCUT2D eigenvalue weighted by Gasteiger charge is -2.26. The van der Waals surface area contributed by atoms with Gasteiger partial charge in [0, 0.05) is 0 Å². The van der Waals surface area contributed by atoms with Crippen LogP contribution in [-0.4, -0.2) is 52.5 Å². The molecule has 0 rings (SSSR count). The summed E-state index contributed by atoms with van der Waals surface area (Å²) in [6.45, 7) is 8.02. The minimum atomic E-state index is -1.92. The van der Waals surface area contributed by atoms with Gasteiger partial charge in [-0.1, -0.05) is 6.92 Å². The molecule has 0 aromatic carbocycles. The lowest BCUT2D eigenvalue weighted by Crippen LogP contribution is -2.49. The van der Waals surface area contributed by atoms with Crippen LogP contribution in [0.15, 0.2) is 0 Å². The average molecular weight is 347 g/mol. The van der Waals surface area contributed by atoms with Crippen LogP contribution in [-0.2, 0) is 23.9 Å². The Labute approximate surface area is 140 Å². The molecule has 0 heterocycles. The van der Waals surface area contributed by atoms with E-state index in [2.05, 4.69) is 5.32 Å². The van der Waals surface area contributed by atoms with Crippen molar-refractivity contribution in [1.29, 1.82) is 0 Å². The molecular weight excluding hydrogens is 322 g/mol. The molecule has 0 aliphatic carbocycles. The highest BCUT2D eigenvalue weighted by Crippen LogP contribution is 2.17. The monoisotopic (exact) mass is 347 g/mol. The molecule has 9 nitrogen and oxygen atoms in total. The maximum atomic E-state index is 11.9. The largest absolute Gasteiger partial charge is 0.481 e. The summed E-state index contributed by atoms with van der Waals surface area (Å²) < 4.78 is 9.83. The molecule has 0 aliphatic heterocycles. The van der Waals surface area contributed by atoms with Gasteiger partial charge in [0.1, 0.15) is 5.60 Å². The van der Waals surface area contributed by atoms with E-state index in [1.807, 2.05) is 0 Å². The van der Waals surface area contributed by atoms with Gasteiger partial charge in [-0.2, -0.15) is 0 Å². The van der Waals surface area contributed by atoms with Crippen molar-refractivity contribution < 1.29 is 38.9 Å². The number of rotatable bonds is 8. The van der Waals surface area contributed by atoms with Crippen LogP contribution in [0.2, 0.25) is 0 Å². The van der Waals surface area contributed by atoms with Gasteiger partial charge < -0.3 is 25.0 Å². The Morgan fingerprint density at radius 3 is 1.96 bits per heavy atom. The zero-order valence-electron chi connectivity index (χ0n) is 14.5. The van der Waals surface area contributed by atoms with E-state index in [4.69, 9.17) is 19.7 Å². The Morgan fingerprint density at radius 1 is 1.08 bits per heavy atom. The van der Waals surface area contributed by atoms with E-state index in [1.54, 1.807) is 27.7 Å². The summed E-state index contributed by atoms with van der Waals surface area (Å²) in [5, 5.41) is 20.5. The van der Waals surface area contributed by atoms with Crippen LogP contribution >= 0.6 is 0 Å². The third kappa shape index (κ3) is 7.80. The summed E-state index contributed by atoms with van der Waals surface area (Å²) in [7, 11) is 0. The molecule has 0 aliphatic rings. The van der Waals surface area contributed by atoms with E-state index in [9.17, 15) is 19.2 Å². The normalized spacial score (nSPS) is 13.8. The van der Waals surface area contributed by atoms with E-state index >= 15 is 0 Å². The summed E-state index contributed by atoms with van der Waals surface area (Å²) in [6.07, 6.45) is -1.18. The number of esters is 1. The van der Waals surface area contributed by atoms with Gasteiger partial charge in [0.25, 0.3) is 0 Å². The van der Waals surface area contributed by atoms with Crippen LogP contribution in [0.3, 0.4) is 0 Å². The number of carboxylic acids is 2. The van der Waals surface area contributed by atoms with Crippen LogP contribution in [0.25, 0.3) is 0 Å². The van der Waals surface area contributed by atoms with Crippen molar-refractivity contribution in [3.8, 4) is 0 Å². The molecule has 0 spiro atoms. The summed E-state index contributed by atoms with van der Waals surface area (Å²) >= 11 is 0. The van der Waals surface area contributed by atoms with Gasteiger partial charge in [-0.3, -0.25) is 14.4 Å². The number of amides is 1. The average Bonchev–Trinajstić information content (AvgIpc) is 2.35. The third-order valence-electron chi connectivity index (χ3n) is 2.93. The van der Waals surface area contributed by atoms with E-state index in [1.165, 1.54) is 6.92 Å². The van der Waals surface area contributed by atoms with Crippen molar-refractivity contribution in [3.63, 3.8) is 0 Å². The van der Waals surface area contributed by atoms with Crippen LogP contribution in [0, 0.1) is 11.8 Å². The second-order valence-electron chi connectivity index (χ2n) is 6.30. The van der Waals surface area contributed by atoms with Crippen LogP contribution in [0.4, 0.5) is 4.79 Å². The Bertz CT molecular complexity index is 468. The number of nitrogens with one attached hydrogen (secondary N) is 1. The van der Waals surface area contributed by atoms with Gasteiger partial charge in [0.05, 0.1) is 18.6 Å². The van der Waals surface area contributed by atoms with E-state index in [0.29, 0.717) is 0 Å². The van der Waals surface area contributed by atoms with E-state index < -0.39 is 47.5 Å². The Morgan fingerprint density at radius 2 is 1.58 bits per heavy atom. The third-order valence-corrected chi connectivity index (χ3v) is 2.93. The van der Waals surface area contributed by atoms with Gasteiger partial charge >= 0.3 is 24.0 Å². The standard InChI is InChI=1S/C15H25NO8/c1-6-23-13(21)8(2)7-9(10(11(17)18)12(19)20)16-14(22)24-15(3,4)5/h8-10H,6-7H2,1-5H3,(H,16,22)(H,17,18)(H,19,20)/t8?,9-/m0/s1. The van der Waals surface area contributed by atoms with Crippen molar-refractivity contribution in [2.45, 2.75) is 52.7 Å². The first-order valence-corrected chi connectivity index (χ1v) is 7.50. The van der Waals surface area contributed by atoms with Crippen LogP contribution in [0.1, 0.15) is 41.0 Å². The molecule has 1 amide bonds. The molecule has 0 radical (unpaired) electrons. The molecule has 0 saturated carbocycles. The summed E-state index contributed by atoms with van der Waals surface area (Å²) in [4.78, 5) is 46.0. The van der Waals surface area contributed by atoms with Crippen molar-refractivity contribution >= 4 is 24.0 Å². The first-order valence-electron chi connectivity index (χ1n) is 7.50. The number of hydrogen-bond acceptors (Lipinski definition) is 6. The summed E-state index contributed by atoms with van der Waals surface area (Å²) in [6, 6.07) is -1.34. The molecule has 0 bridgehead atoms. The van der Waals surface area contributed by atoms with Crippen LogP contribution in [0.5, 0.6) is 0 Å². The molecule has 0 aromatic rings. The number of carboxylic acid groups (broad SMARTS) is 2. The first kappa shape index (κ1) is 21.7. The van der Waals surface area contributed by atoms with E-state index in [0.717, 1.165) is 0 Å². The lowest BCUT2D eigenvalue weighted by atomic mass is 9.91. The smallest absolute Gasteiger partial charge is 0.407 e. The Balaban J connectivity index is 5.28. The predicted octanol–water partition coefficient (Wildman–Crippen LogP) is 1.25. The molecule has 24 heavy (non-hydrogen) atoms. The summed E-state index contributed by atoms with van der Waals surface area (Å²) in [5.41, 5.74) is -0.844. The number of carbonyl (C=O) groups is 4. The number of hydrogen-bond donors (Lipinski definition) is 3. The highest BCUT2D eigenvalue weighted by atomic mass is 16.6. The fraction of sp³-hybridized carbons (Fsp3) is 0.733. The van der Waals surface area contributed by atoms with Gasteiger partial charge in [0.15, 0.2) is 5.92 Å². The highest BCUT2D eigenvalue weighted by Gasteiger charge is 2.38.